The van der Waals surface area contributed by atoms with E-state index in [-0.39, 0.29) is 6.61 Å². The number of ether oxygens (including phenoxy) is 2. The summed E-state index contributed by atoms with van der Waals surface area (Å²) in [5.74, 6) is -1.71. The SMILES string of the molecule is CCOC(=O)c1ccc(NC(=O)C(=O)N/N=C\c2ccccc2OCc2ccccc2)cc1. The van der Waals surface area contributed by atoms with Gasteiger partial charge in [-0.15, -0.1) is 0 Å². The van der Waals surface area contributed by atoms with E-state index in [4.69, 9.17) is 9.47 Å². The molecular weight excluding hydrogens is 422 g/mol. The number of carbonyl (C=O) groups is 3. The van der Waals surface area contributed by atoms with Crippen molar-refractivity contribution in [2.24, 2.45) is 5.10 Å². The molecule has 2 amide bonds. The molecule has 3 aromatic carbocycles. The zero-order valence-corrected chi connectivity index (χ0v) is 18.0. The van der Waals surface area contributed by atoms with Crippen LogP contribution in [0.2, 0.25) is 0 Å². The molecule has 0 aliphatic heterocycles. The summed E-state index contributed by atoms with van der Waals surface area (Å²) < 4.78 is 10.7. The zero-order chi connectivity index (χ0) is 23.5. The van der Waals surface area contributed by atoms with Crippen molar-refractivity contribution in [3.63, 3.8) is 0 Å². The van der Waals surface area contributed by atoms with Crippen LogP contribution in [0.15, 0.2) is 84.0 Å². The van der Waals surface area contributed by atoms with E-state index in [9.17, 15) is 14.4 Å². The average Bonchev–Trinajstić information content (AvgIpc) is 2.84. The van der Waals surface area contributed by atoms with E-state index in [1.807, 2.05) is 42.5 Å². The number of benzene rings is 3. The van der Waals surface area contributed by atoms with Gasteiger partial charge in [-0.2, -0.15) is 5.10 Å². The van der Waals surface area contributed by atoms with Gasteiger partial charge in [0.2, 0.25) is 0 Å². The van der Waals surface area contributed by atoms with Crippen molar-refractivity contribution in [1.82, 2.24) is 5.43 Å². The second-order valence-electron chi connectivity index (χ2n) is 6.76. The van der Waals surface area contributed by atoms with E-state index in [2.05, 4.69) is 15.8 Å². The molecule has 0 bridgehead atoms. The molecule has 8 nitrogen and oxygen atoms in total. The van der Waals surface area contributed by atoms with Gasteiger partial charge in [-0.3, -0.25) is 9.59 Å². The third-order valence-electron chi connectivity index (χ3n) is 4.39. The molecule has 3 rings (SSSR count). The minimum absolute atomic E-state index is 0.266. The van der Waals surface area contributed by atoms with Crippen LogP contribution < -0.4 is 15.5 Å². The lowest BCUT2D eigenvalue weighted by Crippen LogP contribution is -2.32. The lowest BCUT2D eigenvalue weighted by atomic mass is 10.2. The van der Waals surface area contributed by atoms with Gasteiger partial charge in [0.15, 0.2) is 0 Å². The molecule has 0 unspecified atom stereocenters. The van der Waals surface area contributed by atoms with E-state index < -0.39 is 17.8 Å². The summed E-state index contributed by atoms with van der Waals surface area (Å²) in [5.41, 5.74) is 4.55. The Hall–Kier alpha value is -4.46. The largest absolute Gasteiger partial charge is 0.488 e. The highest BCUT2D eigenvalue weighted by atomic mass is 16.5. The predicted octanol–water partition coefficient (Wildman–Crippen LogP) is 3.53. The maximum atomic E-state index is 12.1. The number of anilines is 1. The number of hydrazone groups is 1. The Kier molecular flexibility index (Phi) is 8.30. The van der Waals surface area contributed by atoms with E-state index in [0.717, 1.165) is 5.56 Å². The molecule has 0 aliphatic carbocycles. The van der Waals surface area contributed by atoms with Crippen LogP contribution in [0.4, 0.5) is 5.69 Å². The Balaban J connectivity index is 1.53. The topological polar surface area (TPSA) is 106 Å². The third kappa shape index (κ3) is 7.03. The summed E-state index contributed by atoms with van der Waals surface area (Å²) in [4.78, 5) is 35.8. The number of esters is 1. The molecule has 33 heavy (non-hydrogen) atoms. The Labute approximate surface area is 191 Å². The van der Waals surface area contributed by atoms with Gasteiger partial charge in [-0.05, 0) is 48.9 Å². The summed E-state index contributed by atoms with van der Waals surface area (Å²) in [5, 5.41) is 6.29. The molecule has 0 aliphatic rings. The second-order valence-corrected chi connectivity index (χ2v) is 6.76. The highest BCUT2D eigenvalue weighted by molar-refractivity contribution is 6.39. The number of amides is 2. The fraction of sp³-hybridized carbons (Fsp3) is 0.120. The Morgan fingerprint density at radius 2 is 1.58 bits per heavy atom. The standard InChI is InChI=1S/C25H23N3O5/c1-2-32-25(31)19-12-14-21(15-13-19)27-23(29)24(30)28-26-16-20-10-6-7-11-22(20)33-17-18-8-4-3-5-9-18/h3-16H,2,17H2,1H3,(H,27,29)(H,28,30)/b26-16-. The smallest absolute Gasteiger partial charge is 0.338 e. The quantitative estimate of drug-likeness (QED) is 0.239. The van der Waals surface area contributed by atoms with Crippen molar-refractivity contribution in [1.29, 1.82) is 0 Å². The van der Waals surface area contributed by atoms with Crippen LogP contribution in [0.1, 0.15) is 28.4 Å². The molecule has 0 spiro atoms. The van der Waals surface area contributed by atoms with Gasteiger partial charge in [-0.1, -0.05) is 42.5 Å². The molecule has 2 N–H and O–H groups in total. The van der Waals surface area contributed by atoms with E-state index in [0.29, 0.717) is 29.2 Å². The lowest BCUT2D eigenvalue weighted by molar-refractivity contribution is -0.136. The molecule has 3 aromatic rings. The maximum absolute atomic E-state index is 12.1. The van der Waals surface area contributed by atoms with Gasteiger partial charge < -0.3 is 14.8 Å². The number of para-hydroxylation sites is 1. The molecule has 0 atom stereocenters. The number of hydrogen-bond donors (Lipinski definition) is 2. The predicted molar refractivity (Wildman–Crippen MR) is 124 cm³/mol. The first-order valence-corrected chi connectivity index (χ1v) is 10.2. The number of hydrogen-bond acceptors (Lipinski definition) is 6. The zero-order valence-electron chi connectivity index (χ0n) is 18.0. The fourth-order valence-corrected chi connectivity index (χ4v) is 2.76. The molecule has 0 saturated carbocycles. The monoisotopic (exact) mass is 445 g/mol. The highest BCUT2D eigenvalue weighted by Gasteiger charge is 2.14. The van der Waals surface area contributed by atoms with Gasteiger partial charge in [0.05, 0.1) is 18.4 Å². The van der Waals surface area contributed by atoms with Crippen molar-refractivity contribution >= 4 is 29.7 Å². The number of nitrogens with one attached hydrogen (secondary N) is 2. The molecule has 0 fully saturated rings. The van der Waals surface area contributed by atoms with E-state index in [1.54, 1.807) is 19.1 Å². The summed E-state index contributed by atoms with van der Waals surface area (Å²) in [6, 6.07) is 22.9. The van der Waals surface area contributed by atoms with Crippen LogP contribution in [0.3, 0.4) is 0 Å². The van der Waals surface area contributed by atoms with Crippen LogP contribution in [0.25, 0.3) is 0 Å². The number of nitrogens with zero attached hydrogens (tertiary/aromatic N) is 1. The van der Waals surface area contributed by atoms with Crippen LogP contribution in [-0.2, 0) is 20.9 Å². The van der Waals surface area contributed by atoms with E-state index >= 15 is 0 Å². The van der Waals surface area contributed by atoms with Crippen molar-refractivity contribution in [2.45, 2.75) is 13.5 Å². The van der Waals surface area contributed by atoms with Crippen molar-refractivity contribution < 1.29 is 23.9 Å². The molecule has 0 heterocycles. The number of rotatable bonds is 8. The summed E-state index contributed by atoms with van der Waals surface area (Å²) in [6.45, 7) is 2.36. The van der Waals surface area contributed by atoms with Crippen LogP contribution >= 0.6 is 0 Å². The van der Waals surface area contributed by atoms with Gasteiger partial charge in [0.25, 0.3) is 0 Å². The van der Waals surface area contributed by atoms with Crippen molar-refractivity contribution in [2.75, 3.05) is 11.9 Å². The Morgan fingerprint density at radius 3 is 2.30 bits per heavy atom. The van der Waals surface area contributed by atoms with Crippen LogP contribution in [0.5, 0.6) is 5.75 Å². The van der Waals surface area contributed by atoms with Gasteiger partial charge in [0, 0.05) is 11.3 Å². The third-order valence-corrected chi connectivity index (χ3v) is 4.39. The molecule has 0 radical (unpaired) electrons. The summed E-state index contributed by atoms with van der Waals surface area (Å²) >= 11 is 0. The van der Waals surface area contributed by atoms with Crippen molar-refractivity contribution in [3.8, 4) is 5.75 Å². The molecular formula is C25H23N3O5. The minimum atomic E-state index is -0.941. The molecule has 8 heteroatoms. The summed E-state index contributed by atoms with van der Waals surface area (Å²) in [6.07, 6.45) is 1.40. The Bertz CT molecular complexity index is 1130. The van der Waals surface area contributed by atoms with Crippen LogP contribution in [0, 0.1) is 0 Å². The maximum Gasteiger partial charge on any atom is 0.338 e. The Morgan fingerprint density at radius 1 is 0.879 bits per heavy atom. The first-order valence-electron chi connectivity index (χ1n) is 10.2. The fourth-order valence-electron chi connectivity index (χ4n) is 2.76. The first kappa shape index (κ1) is 23.2. The summed E-state index contributed by atoms with van der Waals surface area (Å²) in [7, 11) is 0. The number of carbonyl (C=O) groups excluding carboxylic acids is 3. The molecule has 0 saturated heterocycles. The lowest BCUT2D eigenvalue weighted by Gasteiger charge is -2.09. The van der Waals surface area contributed by atoms with Crippen LogP contribution in [-0.4, -0.2) is 30.6 Å². The first-order chi connectivity index (χ1) is 16.1. The van der Waals surface area contributed by atoms with Gasteiger partial charge >= 0.3 is 17.8 Å². The normalized spacial score (nSPS) is 10.5. The van der Waals surface area contributed by atoms with E-state index in [1.165, 1.54) is 30.5 Å². The minimum Gasteiger partial charge on any atom is -0.488 e. The second kappa shape index (κ2) is 11.8. The molecule has 168 valence electrons. The van der Waals surface area contributed by atoms with Gasteiger partial charge in [0.1, 0.15) is 12.4 Å². The highest BCUT2D eigenvalue weighted by Crippen LogP contribution is 2.17. The van der Waals surface area contributed by atoms with Gasteiger partial charge in [-0.25, -0.2) is 10.2 Å². The molecule has 0 aromatic heterocycles. The average molecular weight is 445 g/mol. The van der Waals surface area contributed by atoms with Crippen molar-refractivity contribution in [3.05, 3.63) is 95.6 Å².